The van der Waals surface area contributed by atoms with E-state index in [0.29, 0.717) is 0 Å². The number of halogens is 3. The predicted molar refractivity (Wildman–Crippen MR) is 34.7 cm³/mol. The Kier molecular flexibility index (Phi) is 2.92. The average molecular weight is 185 g/mol. The molecule has 0 bridgehead atoms. The lowest BCUT2D eigenvalue weighted by Crippen LogP contribution is -2.53. The largest absolute Gasteiger partial charge is 0.415 e. The lowest BCUT2D eigenvalue weighted by atomic mass is 10.2. The number of hydrogen-bond donors (Lipinski definition) is 2. The minimum Gasteiger partial charge on any atom is -0.395 e. The molecule has 0 saturated carbocycles. The quantitative estimate of drug-likeness (QED) is 0.599. The van der Waals surface area contributed by atoms with E-state index in [9.17, 15) is 13.2 Å². The molecule has 2 atom stereocenters. The Morgan fingerprint density at radius 2 is 2.17 bits per heavy atom. The van der Waals surface area contributed by atoms with Crippen molar-refractivity contribution >= 4 is 0 Å². The van der Waals surface area contributed by atoms with Gasteiger partial charge < -0.3 is 15.2 Å². The third-order valence-corrected chi connectivity index (χ3v) is 1.68. The van der Waals surface area contributed by atoms with E-state index in [2.05, 4.69) is 10.1 Å². The van der Waals surface area contributed by atoms with Crippen LogP contribution in [0.4, 0.5) is 13.2 Å². The Labute approximate surface area is 67.5 Å². The summed E-state index contributed by atoms with van der Waals surface area (Å²) in [6.45, 7) is -0.583. The van der Waals surface area contributed by atoms with E-state index in [1.807, 2.05) is 0 Å². The molecule has 12 heavy (non-hydrogen) atoms. The van der Waals surface area contributed by atoms with E-state index in [0.717, 1.165) is 0 Å². The minimum absolute atomic E-state index is 0.0966. The normalized spacial score (nSPS) is 32.0. The molecule has 72 valence electrons. The summed E-state index contributed by atoms with van der Waals surface area (Å²) in [5.74, 6) is 0. The molecule has 1 aliphatic heterocycles. The Morgan fingerprint density at radius 1 is 1.50 bits per heavy atom. The molecule has 1 saturated heterocycles. The Balaban J connectivity index is 2.36. The van der Waals surface area contributed by atoms with Crippen molar-refractivity contribution in [2.24, 2.45) is 0 Å². The van der Waals surface area contributed by atoms with Crippen molar-refractivity contribution in [1.82, 2.24) is 5.32 Å². The zero-order chi connectivity index (χ0) is 9.19. The molecule has 0 aromatic rings. The number of hydrogen-bond acceptors (Lipinski definition) is 3. The van der Waals surface area contributed by atoms with Gasteiger partial charge >= 0.3 is 6.18 Å². The molecule has 1 heterocycles. The van der Waals surface area contributed by atoms with Crippen molar-refractivity contribution in [3.05, 3.63) is 0 Å². The SMILES string of the molecule is OCC1COC(C(F)(F)F)CN1. The van der Waals surface area contributed by atoms with Crippen molar-refractivity contribution in [2.75, 3.05) is 19.8 Å². The van der Waals surface area contributed by atoms with Crippen LogP contribution in [-0.4, -0.2) is 43.2 Å². The van der Waals surface area contributed by atoms with E-state index in [-0.39, 0.29) is 25.8 Å². The molecule has 0 aromatic heterocycles. The summed E-state index contributed by atoms with van der Waals surface area (Å²) in [6.07, 6.45) is -6.05. The molecule has 6 heteroatoms. The number of nitrogens with one attached hydrogen (secondary N) is 1. The molecular formula is C6H10F3NO2. The second-order valence-electron chi connectivity index (χ2n) is 2.65. The molecule has 0 aromatic carbocycles. The number of aliphatic hydroxyl groups is 1. The first-order chi connectivity index (χ1) is 5.54. The van der Waals surface area contributed by atoms with Crippen LogP contribution in [0.5, 0.6) is 0 Å². The molecule has 2 N–H and O–H groups in total. The van der Waals surface area contributed by atoms with Crippen LogP contribution in [-0.2, 0) is 4.74 Å². The van der Waals surface area contributed by atoms with Crippen LogP contribution in [0, 0.1) is 0 Å². The fourth-order valence-electron chi connectivity index (χ4n) is 0.951. The first-order valence-electron chi connectivity index (χ1n) is 3.56. The van der Waals surface area contributed by atoms with E-state index < -0.39 is 12.3 Å². The Bertz CT molecular complexity index is 142. The van der Waals surface area contributed by atoms with Crippen LogP contribution in [0.15, 0.2) is 0 Å². The van der Waals surface area contributed by atoms with Crippen LogP contribution < -0.4 is 5.32 Å². The summed E-state index contributed by atoms with van der Waals surface area (Å²) in [5, 5.41) is 11.1. The highest BCUT2D eigenvalue weighted by Gasteiger charge is 2.42. The van der Waals surface area contributed by atoms with Gasteiger partial charge in [-0.25, -0.2) is 0 Å². The van der Waals surface area contributed by atoms with Crippen molar-refractivity contribution in [3.63, 3.8) is 0 Å². The molecule has 1 rings (SSSR count). The van der Waals surface area contributed by atoms with Crippen LogP contribution in [0.25, 0.3) is 0 Å². The number of morpholine rings is 1. The number of rotatable bonds is 1. The lowest BCUT2D eigenvalue weighted by molar-refractivity contribution is -0.229. The van der Waals surface area contributed by atoms with Gasteiger partial charge in [0.15, 0.2) is 6.10 Å². The second kappa shape index (κ2) is 3.59. The van der Waals surface area contributed by atoms with E-state index in [4.69, 9.17) is 5.11 Å². The van der Waals surface area contributed by atoms with Gasteiger partial charge in [-0.1, -0.05) is 0 Å². The highest BCUT2D eigenvalue weighted by Crippen LogP contribution is 2.24. The smallest absolute Gasteiger partial charge is 0.395 e. The van der Waals surface area contributed by atoms with Crippen molar-refractivity contribution in [1.29, 1.82) is 0 Å². The van der Waals surface area contributed by atoms with Crippen LogP contribution in [0.1, 0.15) is 0 Å². The standard InChI is InChI=1S/C6H10F3NO2/c7-6(8,9)5-1-10-4(2-11)3-12-5/h4-5,10-11H,1-3H2. The summed E-state index contributed by atoms with van der Waals surface area (Å²) in [5.41, 5.74) is 0. The maximum atomic E-state index is 11.9. The maximum Gasteiger partial charge on any atom is 0.415 e. The minimum atomic E-state index is -4.31. The van der Waals surface area contributed by atoms with Gasteiger partial charge in [-0.3, -0.25) is 0 Å². The van der Waals surface area contributed by atoms with E-state index in [1.165, 1.54) is 0 Å². The summed E-state index contributed by atoms with van der Waals surface area (Å²) < 4.78 is 40.3. The van der Waals surface area contributed by atoms with Gasteiger partial charge in [-0.05, 0) is 0 Å². The van der Waals surface area contributed by atoms with Crippen molar-refractivity contribution in [3.8, 4) is 0 Å². The molecule has 0 spiro atoms. The van der Waals surface area contributed by atoms with Crippen LogP contribution in [0.2, 0.25) is 0 Å². The van der Waals surface area contributed by atoms with Gasteiger partial charge in [0.2, 0.25) is 0 Å². The van der Waals surface area contributed by atoms with E-state index in [1.54, 1.807) is 0 Å². The maximum absolute atomic E-state index is 11.9. The number of ether oxygens (including phenoxy) is 1. The summed E-state index contributed by atoms with van der Waals surface area (Å²) >= 11 is 0. The zero-order valence-electron chi connectivity index (χ0n) is 6.27. The molecule has 2 unspecified atom stereocenters. The zero-order valence-corrected chi connectivity index (χ0v) is 6.27. The number of aliphatic hydroxyl groups excluding tert-OH is 1. The van der Waals surface area contributed by atoms with Gasteiger partial charge in [0, 0.05) is 6.54 Å². The molecule has 0 amide bonds. The van der Waals surface area contributed by atoms with Crippen LogP contribution in [0.3, 0.4) is 0 Å². The van der Waals surface area contributed by atoms with Gasteiger partial charge in [-0.15, -0.1) is 0 Å². The molecule has 3 nitrogen and oxygen atoms in total. The summed E-state index contributed by atoms with van der Waals surface area (Å²) in [7, 11) is 0. The van der Waals surface area contributed by atoms with Gasteiger partial charge in [0.25, 0.3) is 0 Å². The molecule has 1 aliphatic rings. The fourth-order valence-corrected chi connectivity index (χ4v) is 0.951. The van der Waals surface area contributed by atoms with Gasteiger partial charge in [-0.2, -0.15) is 13.2 Å². The highest BCUT2D eigenvalue weighted by atomic mass is 19.4. The third-order valence-electron chi connectivity index (χ3n) is 1.68. The third kappa shape index (κ3) is 2.33. The summed E-state index contributed by atoms with van der Waals surface area (Å²) in [4.78, 5) is 0. The summed E-state index contributed by atoms with van der Waals surface area (Å²) in [6, 6.07) is -0.372. The topological polar surface area (TPSA) is 41.5 Å². The van der Waals surface area contributed by atoms with Gasteiger partial charge in [0.05, 0.1) is 19.3 Å². The van der Waals surface area contributed by atoms with Crippen molar-refractivity contribution in [2.45, 2.75) is 18.3 Å². The molecule has 1 fully saturated rings. The molecule has 0 aliphatic carbocycles. The average Bonchev–Trinajstić information content (AvgIpc) is 2.03. The van der Waals surface area contributed by atoms with Crippen molar-refractivity contribution < 1.29 is 23.0 Å². The predicted octanol–water partition coefficient (Wildman–Crippen LogP) is -0.102. The molecular weight excluding hydrogens is 175 g/mol. The van der Waals surface area contributed by atoms with Gasteiger partial charge in [0.1, 0.15) is 0 Å². The first-order valence-corrected chi connectivity index (χ1v) is 3.56. The highest BCUT2D eigenvalue weighted by molar-refractivity contribution is 4.79. The van der Waals surface area contributed by atoms with E-state index >= 15 is 0 Å². The fraction of sp³-hybridized carbons (Fsp3) is 1.00. The second-order valence-corrected chi connectivity index (χ2v) is 2.65. The molecule has 0 radical (unpaired) electrons. The Hall–Kier alpha value is -0.330. The first kappa shape index (κ1) is 9.76. The Morgan fingerprint density at radius 3 is 2.50 bits per heavy atom. The van der Waals surface area contributed by atoms with Crippen LogP contribution >= 0.6 is 0 Å². The lowest BCUT2D eigenvalue weighted by Gasteiger charge is -2.30. The monoisotopic (exact) mass is 185 g/mol. The number of alkyl halides is 3.